The Bertz CT molecular complexity index is 679. The second kappa shape index (κ2) is 7.72. The Balaban J connectivity index is 1.86. The van der Waals surface area contributed by atoms with Crippen molar-refractivity contribution in [2.45, 2.75) is 51.1 Å². The van der Waals surface area contributed by atoms with E-state index in [2.05, 4.69) is 17.1 Å². The lowest BCUT2D eigenvalue weighted by Gasteiger charge is -2.47. The first kappa shape index (κ1) is 18.8. The van der Waals surface area contributed by atoms with E-state index in [-0.39, 0.29) is 23.1 Å². The summed E-state index contributed by atoms with van der Waals surface area (Å²) in [6.07, 6.45) is 4.52. The Morgan fingerprint density at radius 1 is 1.31 bits per heavy atom. The van der Waals surface area contributed by atoms with Gasteiger partial charge in [0.2, 0.25) is 0 Å². The number of ether oxygens (including phenoxy) is 1. The van der Waals surface area contributed by atoms with E-state index in [0.717, 1.165) is 39.1 Å². The maximum Gasteiger partial charge on any atom is 0.293 e. The van der Waals surface area contributed by atoms with Crippen LogP contribution in [0.4, 0.5) is 11.4 Å². The van der Waals surface area contributed by atoms with Gasteiger partial charge in [-0.2, -0.15) is 0 Å². The van der Waals surface area contributed by atoms with Gasteiger partial charge in [0, 0.05) is 36.3 Å². The van der Waals surface area contributed by atoms with Crippen LogP contribution in [0.2, 0.25) is 0 Å². The average molecular weight is 361 g/mol. The second-order valence-corrected chi connectivity index (χ2v) is 7.32. The van der Waals surface area contributed by atoms with Gasteiger partial charge in [0.25, 0.3) is 5.69 Å². The number of nitro groups is 1. The van der Waals surface area contributed by atoms with Crippen molar-refractivity contribution in [2.24, 2.45) is 0 Å². The van der Waals surface area contributed by atoms with Gasteiger partial charge in [0.1, 0.15) is 5.69 Å². The highest BCUT2D eigenvalue weighted by Gasteiger charge is 2.44. The standard InChI is InChI=1S/C19H27N3O4/c1-14(23)16-5-6-17(18(13-16)22(24)25)20-15(2)19(7-3-4-8-19)21-9-11-26-12-10-21/h5-6,13,15,20H,3-4,7-12H2,1-2H3/t15-/m1/s1. The van der Waals surface area contributed by atoms with Gasteiger partial charge in [0.15, 0.2) is 5.78 Å². The fraction of sp³-hybridized carbons (Fsp3) is 0.632. The zero-order chi connectivity index (χ0) is 18.7. The molecule has 1 N–H and O–H groups in total. The number of carbonyl (C=O) groups excluding carboxylic acids is 1. The van der Waals surface area contributed by atoms with Gasteiger partial charge in [-0.15, -0.1) is 0 Å². The predicted molar refractivity (Wildman–Crippen MR) is 99.8 cm³/mol. The summed E-state index contributed by atoms with van der Waals surface area (Å²) in [5.41, 5.74) is 0.794. The predicted octanol–water partition coefficient (Wildman–Crippen LogP) is 3.24. The summed E-state index contributed by atoms with van der Waals surface area (Å²) < 4.78 is 5.51. The Morgan fingerprint density at radius 3 is 2.54 bits per heavy atom. The van der Waals surface area contributed by atoms with Crippen molar-refractivity contribution in [1.29, 1.82) is 0 Å². The molecule has 2 fully saturated rings. The number of Topliss-reactive ketones (excluding diaryl/α,β-unsaturated/α-hetero) is 1. The molecule has 1 aromatic carbocycles. The highest BCUT2D eigenvalue weighted by atomic mass is 16.6. The quantitative estimate of drug-likeness (QED) is 0.476. The molecule has 1 aliphatic heterocycles. The lowest BCUT2D eigenvalue weighted by atomic mass is 9.86. The zero-order valence-electron chi connectivity index (χ0n) is 15.5. The van der Waals surface area contributed by atoms with Crippen molar-refractivity contribution in [2.75, 3.05) is 31.6 Å². The Hall–Kier alpha value is -1.99. The van der Waals surface area contributed by atoms with Crippen molar-refractivity contribution < 1.29 is 14.5 Å². The van der Waals surface area contributed by atoms with Gasteiger partial charge in [0.05, 0.1) is 18.1 Å². The van der Waals surface area contributed by atoms with E-state index >= 15 is 0 Å². The Morgan fingerprint density at radius 2 is 1.96 bits per heavy atom. The molecule has 0 aromatic heterocycles. The van der Waals surface area contributed by atoms with Gasteiger partial charge < -0.3 is 10.1 Å². The summed E-state index contributed by atoms with van der Waals surface area (Å²) >= 11 is 0. The van der Waals surface area contributed by atoms with Crippen LogP contribution in [0.25, 0.3) is 0 Å². The Labute approximate surface area is 153 Å². The molecule has 0 radical (unpaired) electrons. The average Bonchev–Trinajstić information content (AvgIpc) is 3.13. The first-order valence-electron chi connectivity index (χ1n) is 9.33. The van der Waals surface area contributed by atoms with Crippen LogP contribution in [0.3, 0.4) is 0 Å². The number of hydrogen-bond donors (Lipinski definition) is 1. The maximum atomic E-state index is 11.6. The van der Waals surface area contributed by atoms with Crippen LogP contribution < -0.4 is 5.32 Å². The van der Waals surface area contributed by atoms with Crippen molar-refractivity contribution in [3.8, 4) is 0 Å². The normalized spacial score (nSPS) is 21.3. The maximum absolute atomic E-state index is 11.6. The number of rotatable bonds is 6. The van der Waals surface area contributed by atoms with Crippen molar-refractivity contribution in [3.05, 3.63) is 33.9 Å². The highest BCUT2D eigenvalue weighted by molar-refractivity contribution is 5.95. The molecule has 142 valence electrons. The van der Waals surface area contributed by atoms with Crippen LogP contribution in [0.5, 0.6) is 0 Å². The van der Waals surface area contributed by atoms with E-state index in [9.17, 15) is 14.9 Å². The number of ketones is 1. The second-order valence-electron chi connectivity index (χ2n) is 7.32. The third-order valence-corrected chi connectivity index (χ3v) is 5.89. The van der Waals surface area contributed by atoms with Gasteiger partial charge >= 0.3 is 0 Å². The van der Waals surface area contributed by atoms with Crippen LogP contribution >= 0.6 is 0 Å². The van der Waals surface area contributed by atoms with Crippen LogP contribution in [0.15, 0.2) is 18.2 Å². The summed E-state index contributed by atoms with van der Waals surface area (Å²) in [6, 6.07) is 4.74. The molecule has 2 aliphatic rings. The molecule has 7 heteroatoms. The van der Waals surface area contributed by atoms with E-state index in [0.29, 0.717) is 11.3 Å². The molecular formula is C19H27N3O4. The lowest BCUT2D eigenvalue weighted by Crippen LogP contribution is -2.59. The SMILES string of the molecule is CC(=O)c1ccc(N[C@H](C)C2(N3CCOCC3)CCCC2)c([N+](=O)[O-])c1. The van der Waals surface area contributed by atoms with E-state index in [4.69, 9.17) is 4.74 Å². The lowest BCUT2D eigenvalue weighted by molar-refractivity contribution is -0.384. The van der Waals surface area contributed by atoms with E-state index in [1.165, 1.54) is 25.8 Å². The number of nitrogens with zero attached hydrogens (tertiary/aromatic N) is 2. The van der Waals surface area contributed by atoms with E-state index in [1.54, 1.807) is 12.1 Å². The fourth-order valence-electron chi connectivity index (χ4n) is 4.41. The van der Waals surface area contributed by atoms with E-state index in [1.807, 2.05) is 0 Å². The fourth-order valence-corrected chi connectivity index (χ4v) is 4.41. The molecule has 1 atom stereocenters. The number of morpholine rings is 1. The third-order valence-electron chi connectivity index (χ3n) is 5.89. The minimum absolute atomic E-state index is 0.00308. The molecule has 0 amide bonds. The molecule has 1 saturated heterocycles. The minimum Gasteiger partial charge on any atom is -0.379 e. The molecule has 1 aromatic rings. The third kappa shape index (κ3) is 3.59. The van der Waals surface area contributed by atoms with Gasteiger partial charge in [-0.1, -0.05) is 12.8 Å². The highest BCUT2D eigenvalue weighted by Crippen LogP contribution is 2.40. The zero-order valence-corrected chi connectivity index (χ0v) is 15.5. The van der Waals surface area contributed by atoms with Crippen molar-refractivity contribution in [1.82, 2.24) is 4.90 Å². The monoisotopic (exact) mass is 361 g/mol. The molecule has 7 nitrogen and oxygen atoms in total. The number of nitro benzene ring substituents is 1. The van der Waals surface area contributed by atoms with Crippen LogP contribution in [0, 0.1) is 10.1 Å². The number of nitrogens with one attached hydrogen (secondary N) is 1. The minimum atomic E-state index is -0.419. The summed E-state index contributed by atoms with van der Waals surface area (Å²) in [6.45, 7) is 6.81. The summed E-state index contributed by atoms with van der Waals surface area (Å²) in [5.74, 6) is -0.173. The molecule has 0 unspecified atom stereocenters. The van der Waals surface area contributed by atoms with Crippen LogP contribution in [-0.4, -0.2) is 53.5 Å². The number of carbonyl (C=O) groups is 1. The first-order chi connectivity index (χ1) is 12.4. The molecule has 0 spiro atoms. The van der Waals surface area contributed by atoms with Gasteiger partial charge in [-0.3, -0.25) is 19.8 Å². The number of hydrogen-bond acceptors (Lipinski definition) is 6. The topological polar surface area (TPSA) is 84.7 Å². The number of anilines is 1. The molecule has 1 aliphatic carbocycles. The molecule has 26 heavy (non-hydrogen) atoms. The van der Waals surface area contributed by atoms with Gasteiger partial charge in [-0.05, 0) is 38.8 Å². The van der Waals surface area contributed by atoms with E-state index < -0.39 is 4.92 Å². The van der Waals surface area contributed by atoms with Crippen molar-refractivity contribution in [3.63, 3.8) is 0 Å². The van der Waals surface area contributed by atoms with Crippen LogP contribution in [0.1, 0.15) is 49.9 Å². The summed E-state index contributed by atoms with van der Waals surface area (Å²) in [4.78, 5) is 25.1. The molecular weight excluding hydrogens is 334 g/mol. The largest absolute Gasteiger partial charge is 0.379 e. The molecule has 1 saturated carbocycles. The van der Waals surface area contributed by atoms with Crippen LogP contribution in [-0.2, 0) is 4.74 Å². The number of benzene rings is 1. The molecule has 3 rings (SSSR count). The van der Waals surface area contributed by atoms with Crippen molar-refractivity contribution >= 4 is 17.2 Å². The van der Waals surface area contributed by atoms with Gasteiger partial charge in [-0.25, -0.2) is 0 Å². The molecule has 1 heterocycles. The first-order valence-corrected chi connectivity index (χ1v) is 9.33. The Kier molecular flexibility index (Phi) is 5.58. The summed E-state index contributed by atoms with van der Waals surface area (Å²) in [7, 11) is 0. The smallest absolute Gasteiger partial charge is 0.293 e. The summed E-state index contributed by atoms with van der Waals surface area (Å²) in [5, 5.41) is 14.9. The molecule has 0 bridgehead atoms.